The molecule has 6 unspecified atom stereocenters. The maximum atomic E-state index is 3.97. The molecule has 110 valence electrons. The third kappa shape index (κ3) is 2.73. The van der Waals surface area contributed by atoms with Crippen LogP contribution in [-0.2, 0) is 0 Å². The molecule has 0 aliphatic heterocycles. The van der Waals surface area contributed by atoms with Crippen LogP contribution in [0.1, 0.15) is 65.7 Å². The summed E-state index contributed by atoms with van der Waals surface area (Å²) in [5, 5.41) is 3.97. The van der Waals surface area contributed by atoms with Crippen molar-refractivity contribution in [3.63, 3.8) is 0 Å². The zero-order chi connectivity index (χ0) is 13.4. The first-order valence-corrected chi connectivity index (χ1v) is 8.95. The van der Waals surface area contributed by atoms with Crippen LogP contribution in [0.15, 0.2) is 0 Å². The minimum Gasteiger partial charge on any atom is -0.313 e. The van der Waals surface area contributed by atoms with Gasteiger partial charge in [0.1, 0.15) is 0 Å². The Labute approximate surface area is 119 Å². The molecular formula is C18H33N. The van der Waals surface area contributed by atoms with Crippen LogP contribution in [0.4, 0.5) is 0 Å². The van der Waals surface area contributed by atoms with Crippen molar-refractivity contribution in [3.8, 4) is 0 Å². The van der Waals surface area contributed by atoms with Crippen LogP contribution in [0.2, 0.25) is 0 Å². The molecule has 1 N–H and O–H groups in total. The fraction of sp³-hybridized carbons (Fsp3) is 1.00. The molecule has 6 atom stereocenters. The summed E-state index contributed by atoms with van der Waals surface area (Å²) in [7, 11) is 0. The Hall–Kier alpha value is -0.0400. The van der Waals surface area contributed by atoms with Gasteiger partial charge in [-0.1, -0.05) is 33.6 Å². The second kappa shape index (κ2) is 5.76. The Balaban J connectivity index is 1.62. The zero-order valence-electron chi connectivity index (χ0n) is 13.2. The van der Waals surface area contributed by atoms with Crippen molar-refractivity contribution in [1.82, 2.24) is 5.32 Å². The standard InChI is InChI=1S/C18H33N/c1-4-10-19-18(17-15-6-5-7-16(15)17)14-9-8-12(2)13(3)11-14/h12-19H,4-11H2,1-3H3. The van der Waals surface area contributed by atoms with E-state index in [-0.39, 0.29) is 0 Å². The summed E-state index contributed by atoms with van der Waals surface area (Å²) in [6, 6.07) is 0.866. The van der Waals surface area contributed by atoms with Crippen LogP contribution in [-0.4, -0.2) is 12.6 Å². The molecule has 0 aromatic carbocycles. The van der Waals surface area contributed by atoms with E-state index in [4.69, 9.17) is 0 Å². The van der Waals surface area contributed by atoms with E-state index in [0.717, 1.165) is 41.5 Å². The molecule has 3 saturated carbocycles. The largest absolute Gasteiger partial charge is 0.313 e. The maximum Gasteiger partial charge on any atom is 0.0129 e. The van der Waals surface area contributed by atoms with Crippen molar-refractivity contribution in [2.75, 3.05) is 6.54 Å². The van der Waals surface area contributed by atoms with Crippen molar-refractivity contribution >= 4 is 0 Å². The average Bonchev–Trinajstić information content (AvgIpc) is 2.86. The summed E-state index contributed by atoms with van der Waals surface area (Å²) in [6.45, 7) is 8.49. The van der Waals surface area contributed by atoms with Gasteiger partial charge in [-0.15, -0.1) is 0 Å². The van der Waals surface area contributed by atoms with Crippen LogP contribution in [0, 0.1) is 35.5 Å². The number of hydrogen-bond acceptors (Lipinski definition) is 1. The molecule has 1 heteroatoms. The van der Waals surface area contributed by atoms with Gasteiger partial charge in [-0.05, 0) is 74.2 Å². The molecule has 3 fully saturated rings. The molecule has 3 aliphatic carbocycles. The smallest absolute Gasteiger partial charge is 0.0129 e. The molecule has 3 rings (SSSR count). The Bertz CT molecular complexity index is 290. The maximum absolute atomic E-state index is 3.97. The SMILES string of the molecule is CCCNC(C1CCC(C)C(C)C1)C1C2CCCC21. The first kappa shape index (κ1) is 13.9. The third-order valence-electron chi connectivity index (χ3n) is 6.66. The minimum absolute atomic E-state index is 0.866. The summed E-state index contributed by atoms with van der Waals surface area (Å²) < 4.78 is 0. The van der Waals surface area contributed by atoms with E-state index in [1.165, 1.54) is 51.5 Å². The lowest BCUT2D eigenvalue weighted by Gasteiger charge is -2.38. The van der Waals surface area contributed by atoms with Gasteiger partial charge in [-0.25, -0.2) is 0 Å². The quantitative estimate of drug-likeness (QED) is 0.771. The highest BCUT2D eigenvalue weighted by Crippen LogP contribution is 2.60. The van der Waals surface area contributed by atoms with E-state index in [0.29, 0.717) is 0 Å². The van der Waals surface area contributed by atoms with Gasteiger partial charge < -0.3 is 5.32 Å². The van der Waals surface area contributed by atoms with E-state index in [2.05, 4.69) is 26.1 Å². The number of nitrogens with one attached hydrogen (secondary N) is 1. The van der Waals surface area contributed by atoms with Gasteiger partial charge in [0.05, 0.1) is 0 Å². The molecule has 0 aromatic rings. The molecule has 0 amide bonds. The lowest BCUT2D eigenvalue weighted by molar-refractivity contribution is 0.154. The summed E-state index contributed by atoms with van der Waals surface area (Å²) in [5.74, 6) is 6.18. The third-order valence-corrected chi connectivity index (χ3v) is 6.66. The molecule has 0 bridgehead atoms. The highest BCUT2D eigenvalue weighted by atomic mass is 15.0. The monoisotopic (exact) mass is 263 g/mol. The molecule has 19 heavy (non-hydrogen) atoms. The molecule has 0 aromatic heterocycles. The van der Waals surface area contributed by atoms with Crippen LogP contribution >= 0.6 is 0 Å². The van der Waals surface area contributed by atoms with Crippen LogP contribution in [0.3, 0.4) is 0 Å². The Morgan fingerprint density at radius 3 is 2.37 bits per heavy atom. The van der Waals surface area contributed by atoms with Crippen molar-refractivity contribution in [2.45, 2.75) is 71.8 Å². The van der Waals surface area contributed by atoms with Crippen molar-refractivity contribution < 1.29 is 0 Å². The summed E-state index contributed by atoms with van der Waals surface area (Å²) in [4.78, 5) is 0. The first-order valence-electron chi connectivity index (χ1n) is 8.95. The van der Waals surface area contributed by atoms with Gasteiger partial charge in [-0.3, -0.25) is 0 Å². The Morgan fingerprint density at radius 1 is 1.00 bits per heavy atom. The van der Waals surface area contributed by atoms with Gasteiger partial charge in [0.2, 0.25) is 0 Å². The highest BCUT2D eigenvalue weighted by molar-refractivity contribution is 5.08. The molecule has 0 saturated heterocycles. The molecule has 3 aliphatic rings. The topological polar surface area (TPSA) is 12.0 Å². The number of hydrogen-bond donors (Lipinski definition) is 1. The summed E-state index contributed by atoms with van der Waals surface area (Å²) in [6.07, 6.45) is 10.3. The van der Waals surface area contributed by atoms with Crippen LogP contribution in [0.25, 0.3) is 0 Å². The fourth-order valence-corrected chi connectivity index (χ4v) is 5.25. The molecule has 0 heterocycles. The fourth-order valence-electron chi connectivity index (χ4n) is 5.25. The minimum atomic E-state index is 0.866. The zero-order valence-corrected chi connectivity index (χ0v) is 13.2. The van der Waals surface area contributed by atoms with Gasteiger partial charge in [0.15, 0.2) is 0 Å². The average molecular weight is 263 g/mol. The van der Waals surface area contributed by atoms with E-state index >= 15 is 0 Å². The molecule has 0 radical (unpaired) electrons. The van der Waals surface area contributed by atoms with Gasteiger partial charge in [0, 0.05) is 6.04 Å². The number of fused-ring (bicyclic) bond motifs is 1. The van der Waals surface area contributed by atoms with Gasteiger partial charge >= 0.3 is 0 Å². The Morgan fingerprint density at radius 2 is 1.74 bits per heavy atom. The second-order valence-electron chi connectivity index (χ2n) is 7.84. The Kier molecular flexibility index (Phi) is 4.22. The van der Waals surface area contributed by atoms with E-state index in [9.17, 15) is 0 Å². The molecular weight excluding hydrogens is 230 g/mol. The lowest BCUT2D eigenvalue weighted by Crippen LogP contribution is -2.42. The lowest BCUT2D eigenvalue weighted by atomic mass is 9.71. The predicted octanol–water partition coefficient (Wildman–Crippen LogP) is 4.47. The van der Waals surface area contributed by atoms with Crippen molar-refractivity contribution in [2.24, 2.45) is 35.5 Å². The second-order valence-corrected chi connectivity index (χ2v) is 7.84. The van der Waals surface area contributed by atoms with Crippen molar-refractivity contribution in [1.29, 1.82) is 0 Å². The highest BCUT2D eigenvalue weighted by Gasteiger charge is 2.57. The molecule has 0 spiro atoms. The molecule has 1 nitrogen and oxygen atoms in total. The predicted molar refractivity (Wildman–Crippen MR) is 82.1 cm³/mol. The van der Waals surface area contributed by atoms with Crippen LogP contribution < -0.4 is 5.32 Å². The van der Waals surface area contributed by atoms with Gasteiger partial charge in [-0.2, -0.15) is 0 Å². The number of rotatable bonds is 5. The van der Waals surface area contributed by atoms with Crippen LogP contribution in [0.5, 0.6) is 0 Å². The normalized spacial score (nSPS) is 46.9. The first-order chi connectivity index (χ1) is 9.22. The van der Waals surface area contributed by atoms with E-state index in [1.807, 2.05) is 0 Å². The summed E-state index contributed by atoms with van der Waals surface area (Å²) in [5.41, 5.74) is 0. The van der Waals surface area contributed by atoms with Crippen molar-refractivity contribution in [3.05, 3.63) is 0 Å². The summed E-state index contributed by atoms with van der Waals surface area (Å²) >= 11 is 0. The van der Waals surface area contributed by atoms with E-state index < -0.39 is 0 Å². The van der Waals surface area contributed by atoms with E-state index in [1.54, 1.807) is 0 Å². The van der Waals surface area contributed by atoms with Gasteiger partial charge in [0.25, 0.3) is 0 Å².